The monoisotopic (exact) mass is 456 g/mol. The predicted molar refractivity (Wildman–Crippen MR) is 138 cm³/mol. The minimum Gasteiger partial charge on any atom is -0.507 e. The zero-order valence-electron chi connectivity index (χ0n) is 20.2. The van der Waals surface area contributed by atoms with Gasteiger partial charge < -0.3 is 20.1 Å². The average Bonchev–Trinajstić information content (AvgIpc) is 3.42. The number of phenolic OH excluding ortho intramolecular Hbond substituents is 1. The van der Waals surface area contributed by atoms with E-state index in [1.807, 2.05) is 6.07 Å². The highest BCUT2D eigenvalue weighted by atomic mass is 32.1. The van der Waals surface area contributed by atoms with Gasteiger partial charge in [-0.25, -0.2) is 0 Å². The molecular weight excluding hydrogens is 416 g/mol. The zero-order valence-corrected chi connectivity index (χ0v) is 21.1. The summed E-state index contributed by atoms with van der Waals surface area (Å²) in [4.78, 5) is 2.32. The van der Waals surface area contributed by atoms with E-state index in [2.05, 4.69) is 56.8 Å². The third kappa shape index (κ3) is 6.58. The van der Waals surface area contributed by atoms with Gasteiger partial charge in [-0.05, 0) is 88.8 Å². The SMILES string of the molecule is C=C(C)[C@@H]1CCC(C)=C[C@H]1c1c(O)cc(CCCCC)cc1OC(=S)NCCC1CN1C. The summed E-state index contributed by atoms with van der Waals surface area (Å²) in [5.74, 6) is 1.31. The molecule has 32 heavy (non-hydrogen) atoms. The van der Waals surface area contributed by atoms with Crippen LogP contribution >= 0.6 is 12.2 Å². The van der Waals surface area contributed by atoms with Crippen LogP contribution in [0.1, 0.15) is 76.3 Å². The van der Waals surface area contributed by atoms with Crippen molar-refractivity contribution in [1.82, 2.24) is 10.2 Å². The maximum absolute atomic E-state index is 11.2. The topological polar surface area (TPSA) is 44.5 Å². The molecule has 1 aromatic rings. The van der Waals surface area contributed by atoms with Crippen molar-refractivity contribution in [3.8, 4) is 11.5 Å². The largest absolute Gasteiger partial charge is 0.507 e. The second-order valence-electron chi connectivity index (χ2n) is 9.71. The molecule has 1 aromatic carbocycles. The average molecular weight is 457 g/mol. The molecule has 0 saturated carbocycles. The molecule has 3 rings (SSSR count). The Morgan fingerprint density at radius 2 is 2.09 bits per heavy atom. The van der Waals surface area contributed by atoms with Gasteiger partial charge in [-0.3, -0.25) is 0 Å². The van der Waals surface area contributed by atoms with E-state index in [0.29, 0.717) is 22.7 Å². The van der Waals surface area contributed by atoms with Crippen molar-refractivity contribution in [1.29, 1.82) is 0 Å². The summed E-state index contributed by atoms with van der Waals surface area (Å²) in [5, 5.41) is 14.8. The maximum atomic E-state index is 11.2. The van der Waals surface area contributed by atoms with E-state index in [1.165, 1.54) is 18.4 Å². The molecule has 0 amide bonds. The first-order valence-electron chi connectivity index (χ1n) is 12.1. The van der Waals surface area contributed by atoms with Crippen molar-refractivity contribution in [2.45, 2.75) is 77.7 Å². The molecule has 4 nitrogen and oxygen atoms in total. The van der Waals surface area contributed by atoms with Crippen LogP contribution in [0.4, 0.5) is 0 Å². The number of phenols is 1. The van der Waals surface area contributed by atoms with Gasteiger partial charge in [0.1, 0.15) is 11.5 Å². The molecule has 1 saturated heterocycles. The second-order valence-corrected chi connectivity index (χ2v) is 10.1. The number of likely N-dealkylation sites (N-methyl/N-ethyl adjacent to an activating group) is 1. The van der Waals surface area contributed by atoms with Gasteiger partial charge in [0.05, 0.1) is 0 Å². The minimum atomic E-state index is 0.0452. The van der Waals surface area contributed by atoms with Gasteiger partial charge in [0, 0.05) is 30.6 Å². The fraction of sp³-hybridized carbons (Fsp3) is 0.593. The van der Waals surface area contributed by atoms with Crippen LogP contribution in [0, 0.1) is 5.92 Å². The van der Waals surface area contributed by atoms with Crippen LogP contribution in [0.15, 0.2) is 35.9 Å². The van der Waals surface area contributed by atoms with Crippen LogP contribution in [-0.4, -0.2) is 41.4 Å². The van der Waals surface area contributed by atoms with Crippen molar-refractivity contribution in [2.75, 3.05) is 20.1 Å². The van der Waals surface area contributed by atoms with Crippen molar-refractivity contribution in [3.63, 3.8) is 0 Å². The summed E-state index contributed by atoms with van der Waals surface area (Å²) < 4.78 is 6.21. The van der Waals surface area contributed by atoms with E-state index in [1.54, 1.807) is 0 Å². The van der Waals surface area contributed by atoms with Gasteiger partial charge in [0.15, 0.2) is 0 Å². The van der Waals surface area contributed by atoms with Crippen LogP contribution < -0.4 is 10.1 Å². The number of hydrogen-bond donors (Lipinski definition) is 2. The van der Waals surface area contributed by atoms with Crippen molar-refractivity contribution >= 4 is 17.4 Å². The summed E-state index contributed by atoms with van der Waals surface area (Å²) in [5.41, 5.74) is 4.42. The highest BCUT2D eigenvalue weighted by molar-refractivity contribution is 7.80. The smallest absolute Gasteiger partial charge is 0.262 e. The third-order valence-electron chi connectivity index (χ3n) is 6.90. The van der Waals surface area contributed by atoms with Crippen molar-refractivity contribution in [2.24, 2.45) is 5.92 Å². The van der Waals surface area contributed by atoms with Gasteiger partial charge in [-0.1, -0.05) is 43.6 Å². The number of aryl methyl sites for hydroxylation is 1. The Bertz CT molecular complexity index is 863. The van der Waals surface area contributed by atoms with Gasteiger partial charge in [0.2, 0.25) is 0 Å². The zero-order chi connectivity index (χ0) is 23.3. The Labute approximate surface area is 199 Å². The fourth-order valence-corrected chi connectivity index (χ4v) is 4.98. The van der Waals surface area contributed by atoms with E-state index >= 15 is 0 Å². The number of nitrogens with zero attached hydrogens (tertiary/aromatic N) is 1. The molecule has 5 heteroatoms. The first-order chi connectivity index (χ1) is 15.3. The Hall–Kier alpha value is -1.85. The molecule has 1 fully saturated rings. The number of thiocarbonyl (C=S) groups is 1. The number of rotatable bonds is 10. The van der Waals surface area contributed by atoms with Crippen LogP contribution in [0.25, 0.3) is 0 Å². The number of unbranched alkanes of at least 4 members (excludes halogenated alkanes) is 2. The van der Waals surface area contributed by atoms with Crippen LogP contribution in [0.5, 0.6) is 11.5 Å². The molecule has 176 valence electrons. The molecule has 0 aromatic heterocycles. The number of hydrogen-bond acceptors (Lipinski definition) is 4. The number of nitrogens with one attached hydrogen (secondary N) is 1. The number of aromatic hydroxyl groups is 1. The van der Waals surface area contributed by atoms with E-state index < -0.39 is 0 Å². The summed E-state index contributed by atoms with van der Waals surface area (Å²) in [6.45, 7) is 12.6. The Morgan fingerprint density at radius 3 is 2.75 bits per heavy atom. The van der Waals surface area contributed by atoms with Gasteiger partial charge in [0.25, 0.3) is 5.17 Å². The molecule has 0 radical (unpaired) electrons. The summed E-state index contributed by atoms with van der Waals surface area (Å²) >= 11 is 5.53. The molecule has 0 spiro atoms. The minimum absolute atomic E-state index is 0.0452. The fourth-order valence-electron chi connectivity index (χ4n) is 4.79. The highest BCUT2D eigenvalue weighted by Crippen LogP contribution is 2.47. The molecule has 2 N–H and O–H groups in total. The van der Waals surface area contributed by atoms with Crippen molar-refractivity contribution in [3.05, 3.63) is 47.1 Å². The molecular formula is C27H40N2O2S. The summed E-state index contributed by atoms with van der Waals surface area (Å²) in [6, 6.07) is 4.66. The normalized spacial score (nSPS) is 24.6. The predicted octanol–water partition coefficient (Wildman–Crippen LogP) is 6.10. The third-order valence-corrected chi connectivity index (χ3v) is 7.13. The number of benzene rings is 1. The Morgan fingerprint density at radius 1 is 1.34 bits per heavy atom. The lowest BCUT2D eigenvalue weighted by Gasteiger charge is -2.32. The molecule has 1 aliphatic heterocycles. The molecule has 0 bridgehead atoms. The van der Waals surface area contributed by atoms with Crippen LogP contribution in [-0.2, 0) is 6.42 Å². The summed E-state index contributed by atoms with van der Waals surface area (Å²) in [7, 11) is 2.14. The van der Waals surface area contributed by atoms with E-state index in [4.69, 9.17) is 17.0 Å². The maximum Gasteiger partial charge on any atom is 0.262 e. The standard InChI is InChI=1S/C27H40N2O2S/c1-6-7-8-9-20-15-24(30)26(23-14-19(4)10-11-22(23)18(2)3)25(16-20)31-27(32)28-13-12-21-17-29(21)5/h14-16,21-23,30H,2,6-13,17H2,1,3-5H3,(H,28,32)/t21?,22-,23+,29?/m0/s1. The second kappa shape index (κ2) is 11.3. The Kier molecular flexibility index (Phi) is 8.78. The molecule has 4 atom stereocenters. The lowest BCUT2D eigenvalue weighted by molar-refractivity contribution is 0.420. The molecule has 2 unspecified atom stereocenters. The highest BCUT2D eigenvalue weighted by Gasteiger charge is 2.31. The van der Waals surface area contributed by atoms with Crippen molar-refractivity contribution < 1.29 is 9.84 Å². The molecule has 2 aliphatic rings. The lowest BCUT2D eigenvalue weighted by Crippen LogP contribution is -2.29. The molecule has 1 aliphatic carbocycles. The lowest BCUT2D eigenvalue weighted by atomic mass is 9.73. The Balaban J connectivity index is 1.85. The van der Waals surface area contributed by atoms with E-state index in [0.717, 1.165) is 61.9 Å². The van der Waals surface area contributed by atoms with Gasteiger partial charge in [-0.2, -0.15) is 0 Å². The number of allylic oxidation sites excluding steroid dienone is 3. The first kappa shape index (κ1) is 24.8. The number of ether oxygens (including phenoxy) is 1. The van der Waals surface area contributed by atoms with E-state index in [-0.39, 0.29) is 11.8 Å². The quantitative estimate of drug-likeness (QED) is 0.193. The summed E-state index contributed by atoms with van der Waals surface area (Å²) in [6.07, 6.45) is 9.81. The van der Waals surface area contributed by atoms with Gasteiger partial charge >= 0.3 is 0 Å². The first-order valence-corrected chi connectivity index (χ1v) is 12.5. The van der Waals surface area contributed by atoms with E-state index in [9.17, 15) is 5.11 Å². The van der Waals surface area contributed by atoms with Crippen LogP contribution in [0.3, 0.4) is 0 Å². The molecule has 1 heterocycles. The van der Waals surface area contributed by atoms with Crippen LogP contribution in [0.2, 0.25) is 0 Å². The van der Waals surface area contributed by atoms with Gasteiger partial charge in [-0.15, -0.1) is 0 Å².